The Morgan fingerprint density at radius 1 is 1.35 bits per heavy atom. The van der Waals surface area contributed by atoms with Gasteiger partial charge in [-0.05, 0) is 51.7 Å². The Hall–Kier alpha value is -1.09. The Bertz CT molecular complexity index is 445. The van der Waals surface area contributed by atoms with E-state index in [1.165, 1.54) is 37.8 Å². The van der Waals surface area contributed by atoms with Crippen molar-refractivity contribution in [1.82, 2.24) is 15.1 Å². The van der Waals surface area contributed by atoms with E-state index in [2.05, 4.69) is 43.3 Å². The maximum Gasteiger partial charge on any atom is 0.0606 e. The molecule has 0 saturated heterocycles. The Kier molecular flexibility index (Phi) is 5.03. The number of nitrogens with one attached hydrogen (secondary N) is 1. The van der Waals surface area contributed by atoms with Crippen molar-refractivity contribution in [1.29, 1.82) is 0 Å². The number of rotatable bonds is 4. The lowest BCUT2D eigenvalue weighted by atomic mass is 9.83. The molecule has 0 spiro atoms. The summed E-state index contributed by atoms with van der Waals surface area (Å²) in [7, 11) is 2.02. The molecular weight excluding hydrogens is 246 g/mol. The van der Waals surface area contributed by atoms with Crippen LogP contribution in [-0.4, -0.2) is 21.9 Å². The van der Waals surface area contributed by atoms with Gasteiger partial charge in [-0.2, -0.15) is 5.10 Å². The van der Waals surface area contributed by atoms with Crippen LogP contribution in [0.15, 0.2) is 17.8 Å². The predicted molar refractivity (Wildman–Crippen MR) is 85.5 cm³/mol. The molecule has 0 atom stereocenters. The van der Waals surface area contributed by atoms with Crippen molar-refractivity contribution < 1.29 is 0 Å². The molecule has 1 aromatic heterocycles. The first-order chi connectivity index (χ1) is 9.46. The van der Waals surface area contributed by atoms with Crippen LogP contribution in [0, 0.1) is 5.92 Å². The summed E-state index contributed by atoms with van der Waals surface area (Å²) in [5.41, 5.74) is 2.92. The molecule has 20 heavy (non-hydrogen) atoms. The summed E-state index contributed by atoms with van der Waals surface area (Å²) in [5.74, 6) is 0.744. The average molecular weight is 275 g/mol. The minimum absolute atomic E-state index is 0.167. The first-order valence-electron chi connectivity index (χ1n) is 7.89. The number of nitrogens with zero attached hydrogens (tertiary/aromatic N) is 2. The first kappa shape index (κ1) is 15.3. The van der Waals surface area contributed by atoms with Crippen molar-refractivity contribution in [3.63, 3.8) is 0 Å². The molecule has 0 unspecified atom stereocenters. The Morgan fingerprint density at radius 3 is 2.60 bits per heavy atom. The topological polar surface area (TPSA) is 29.9 Å². The molecule has 0 amide bonds. The Balaban J connectivity index is 2.14. The molecule has 1 aliphatic rings. The minimum atomic E-state index is 0.167. The number of hydrogen-bond acceptors (Lipinski definition) is 2. The van der Waals surface area contributed by atoms with Gasteiger partial charge in [-0.15, -0.1) is 0 Å². The smallest absolute Gasteiger partial charge is 0.0606 e. The van der Waals surface area contributed by atoms with Crippen molar-refractivity contribution in [2.45, 2.75) is 58.4 Å². The van der Waals surface area contributed by atoms with Gasteiger partial charge in [0.1, 0.15) is 0 Å². The van der Waals surface area contributed by atoms with Gasteiger partial charge >= 0.3 is 0 Å². The third-order valence-corrected chi connectivity index (χ3v) is 4.14. The van der Waals surface area contributed by atoms with Crippen molar-refractivity contribution in [2.75, 3.05) is 6.54 Å². The maximum atomic E-state index is 4.28. The molecule has 1 fully saturated rings. The molecule has 0 bridgehead atoms. The Morgan fingerprint density at radius 2 is 2.05 bits per heavy atom. The van der Waals surface area contributed by atoms with Crippen LogP contribution >= 0.6 is 0 Å². The second-order valence-corrected chi connectivity index (χ2v) is 7.04. The summed E-state index contributed by atoms with van der Waals surface area (Å²) in [5, 5.41) is 7.93. The third-order valence-electron chi connectivity index (χ3n) is 4.14. The summed E-state index contributed by atoms with van der Waals surface area (Å²) >= 11 is 0. The maximum absolute atomic E-state index is 4.28. The highest BCUT2D eigenvalue weighted by molar-refractivity contribution is 5.50. The average Bonchev–Trinajstić information content (AvgIpc) is 2.80. The van der Waals surface area contributed by atoms with E-state index in [1.807, 2.05) is 17.9 Å². The zero-order valence-electron chi connectivity index (χ0n) is 13.4. The predicted octanol–water partition coefficient (Wildman–Crippen LogP) is 3.77. The van der Waals surface area contributed by atoms with Gasteiger partial charge in [-0.1, -0.05) is 24.8 Å². The summed E-state index contributed by atoms with van der Waals surface area (Å²) < 4.78 is 1.96. The lowest BCUT2D eigenvalue weighted by Crippen LogP contribution is -2.38. The van der Waals surface area contributed by atoms with Crippen molar-refractivity contribution >= 4 is 6.08 Å². The molecule has 1 aromatic rings. The van der Waals surface area contributed by atoms with E-state index in [9.17, 15) is 0 Å². The normalized spacial score (nSPS) is 18.5. The van der Waals surface area contributed by atoms with Gasteiger partial charge < -0.3 is 5.32 Å². The van der Waals surface area contributed by atoms with Crippen molar-refractivity contribution in [3.8, 4) is 0 Å². The molecule has 1 aliphatic carbocycles. The summed E-state index contributed by atoms with van der Waals surface area (Å²) in [6, 6.07) is 2.10. The van der Waals surface area contributed by atoms with Gasteiger partial charge in [0.15, 0.2) is 0 Å². The highest BCUT2D eigenvalue weighted by Crippen LogP contribution is 2.30. The summed E-state index contributed by atoms with van der Waals surface area (Å²) in [4.78, 5) is 0. The monoisotopic (exact) mass is 275 g/mol. The standard InChI is InChI=1S/C17H29N3/c1-17(2,3)18-13-15(14-8-6-5-7-9-14)12-16-10-11-19-20(16)4/h10-12,14,18H,5-9,13H2,1-4H3/b15-12-. The molecule has 2 rings (SSSR count). The lowest BCUT2D eigenvalue weighted by Gasteiger charge is -2.28. The van der Waals surface area contributed by atoms with Gasteiger partial charge in [0.05, 0.1) is 5.69 Å². The Labute approximate surface area is 123 Å². The molecule has 0 aromatic carbocycles. The number of hydrogen-bond donors (Lipinski definition) is 1. The molecule has 0 radical (unpaired) electrons. The first-order valence-corrected chi connectivity index (χ1v) is 7.89. The quantitative estimate of drug-likeness (QED) is 0.906. The molecule has 0 aliphatic heterocycles. The van der Waals surface area contributed by atoms with Crippen LogP contribution < -0.4 is 5.32 Å². The fourth-order valence-electron chi connectivity index (χ4n) is 2.87. The largest absolute Gasteiger partial charge is 0.308 e. The van der Waals surface area contributed by atoms with Crippen LogP contribution in [0.1, 0.15) is 58.6 Å². The van der Waals surface area contributed by atoms with Crippen LogP contribution in [0.5, 0.6) is 0 Å². The van der Waals surface area contributed by atoms with E-state index in [-0.39, 0.29) is 5.54 Å². The van der Waals surface area contributed by atoms with Gasteiger partial charge in [0, 0.05) is 25.3 Å². The van der Waals surface area contributed by atoms with E-state index >= 15 is 0 Å². The second kappa shape index (κ2) is 6.57. The van der Waals surface area contributed by atoms with E-state index in [0.29, 0.717) is 0 Å². The van der Waals surface area contributed by atoms with E-state index in [4.69, 9.17) is 0 Å². The van der Waals surface area contributed by atoms with Crippen LogP contribution in [-0.2, 0) is 7.05 Å². The van der Waals surface area contributed by atoms with Crippen molar-refractivity contribution in [2.24, 2.45) is 13.0 Å². The lowest BCUT2D eigenvalue weighted by molar-refractivity contribution is 0.378. The van der Waals surface area contributed by atoms with Crippen molar-refractivity contribution in [3.05, 3.63) is 23.5 Å². The molecule has 1 N–H and O–H groups in total. The summed E-state index contributed by atoms with van der Waals surface area (Å²) in [6.45, 7) is 7.68. The molecule has 1 saturated carbocycles. The van der Waals surface area contributed by atoms with E-state index < -0.39 is 0 Å². The van der Waals surface area contributed by atoms with E-state index in [1.54, 1.807) is 5.57 Å². The molecule has 112 valence electrons. The molecular formula is C17H29N3. The fourth-order valence-corrected chi connectivity index (χ4v) is 2.87. The number of aromatic nitrogens is 2. The van der Waals surface area contributed by atoms with Crippen LogP contribution in [0.4, 0.5) is 0 Å². The van der Waals surface area contributed by atoms with Gasteiger partial charge in [-0.25, -0.2) is 0 Å². The fraction of sp³-hybridized carbons (Fsp3) is 0.706. The zero-order chi connectivity index (χ0) is 14.6. The second-order valence-electron chi connectivity index (χ2n) is 7.04. The van der Waals surface area contributed by atoms with Crippen LogP contribution in [0.3, 0.4) is 0 Å². The third kappa shape index (κ3) is 4.48. The van der Waals surface area contributed by atoms with E-state index in [0.717, 1.165) is 12.5 Å². The molecule has 1 heterocycles. The molecule has 3 nitrogen and oxygen atoms in total. The zero-order valence-corrected chi connectivity index (χ0v) is 13.4. The minimum Gasteiger partial charge on any atom is -0.308 e. The summed E-state index contributed by atoms with van der Waals surface area (Å²) in [6.07, 6.45) is 11.1. The van der Waals surface area contributed by atoms with Crippen LogP contribution in [0.2, 0.25) is 0 Å². The van der Waals surface area contributed by atoms with Gasteiger partial charge in [0.2, 0.25) is 0 Å². The van der Waals surface area contributed by atoms with Gasteiger partial charge in [-0.3, -0.25) is 4.68 Å². The van der Waals surface area contributed by atoms with Crippen LogP contribution in [0.25, 0.3) is 6.08 Å². The highest BCUT2D eigenvalue weighted by Gasteiger charge is 2.19. The number of aryl methyl sites for hydroxylation is 1. The highest BCUT2D eigenvalue weighted by atomic mass is 15.2. The molecule has 3 heteroatoms. The SMILES string of the molecule is Cn1nccc1/C=C(/CNC(C)(C)C)C1CCCCC1. The van der Waals surface area contributed by atoms with Gasteiger partial charge in [0.25, 0.3) is 0 Å².